The summed E-state index contributed by atoms with van der Waals surface area (Å²) in [6.45, 7) is 6.21. The predicted molar refractivity (Wildman–Crippen MR) is 119 cm³/mol. The summed E-state index contributed by atoms with van der Waals surface area (Å²) in [6.07, 6.45) is 1.61. The van der Waals surface area contributed by atoms with Gasteiger partial charge in [-0.25, -0.2) is 10.2 Å². The second kappa shape index (κ2) is 8.97. The highest BCUT2D eigenvalue weighted by atomic mass is 16.7. The van der Waals surface area contributed by atoms with Crippen LogP contribution in [0, 0.1) is 13.8 Å². The standard InChI is InChI=1S/C24H23N3O5/c1-4-30-24(29)17-5-8-20(9-6-17)27-15(2)11-19(16(27)3)13-25-26-23(28)18-7-10-21-22(12-18)32-14-31-21/h5-13H,4,14H2,1-3H3,(H,26,28)/b25-13-. The first-order chi connectivity index (χ1) is 15.5. The Kier molecular flexibility index (Phi) is 5.93. The first-order valence-corrected chi connectivity index (χ1v) is 10.2. The molecule has 0 atom stereocenters. The molecule has 2 heterocycles. The van der Waals surface area contributed by atoms with Crippen LogP contribution in [0.4, 0.5) is 0 Å². The van der Waals surface area contributed by atoms with Gasteiger partial charge in [0, 0.05) is 28.2 Å². The summed E-state index contributed by atoms with van der Waals surface area (Å²) in [4.78, 5) is 24.3. The molecule has 32 heavy (non-hydrogen) atoms. The van der Waals surface area contributed by atoms with Crippen molar-refractivity contribution in [2.45, 2.75) is 20.8 Å². The van der Waals surface area contributed by atoms with Crippen LogP contribution < -0.4 is 14.9 Å². The summed E-state index contributed by atoms with van der Waals surface area (Å²) in [5, 5.41) is 4.11. The second-order valence-corrected chi connectivity index (χ2v) is 7.20. The van der Waals surface area contributed by atoms with Gasteiger partial charge in [0.1, 0.15) is 0 Å². The third-order valence-corrected chi connectivity index (χ3v) is 5.11. The zero-order chi connectivity index (χ0) is 22.7. The molecule has 1 aromatic heterocycles. The number of nitrogens with one attached hydrogen (secondary N) is 1. The van der Waals surface area contributed by atoms with Crippen LogP contribution >= 0.6 is 0 Å². The van der Waals surface area contributed by atoms with E-state index in [9.17, 15) is 9.59 Å². The van der Waals surface area contributed by atoms with E-state index in [1.54, 1.807) is 43.5 Å². The smallest absolute Gasteiger partial charge is 0.338 e. The van der Waals surface area contributed by atoms with Crippen molar-refractivity contribution in [2.24, 2.45) is 5.10 Å². The fourth-order valence-corrected chi connectivity index (χ4v) is 3.54. The van der Waals surface area contributed by atoms with Gasteiger partial charge in [0.2, 0.25) is 6.79 Å². The summed E-state index contributed by atoms with van der Waals surface area (Å²) < 4.78 is 17.6. The minimum atomic E-state index is -0.345. The lowest BCUT2D eigenvalue weighted by molar-refractivity contribution is 0.0526. The van der Waals surface area contributed by atoms with Gasteiger partial charge in [-0.05, 0) is 69.3 Å². The number of ether oxygens (including phenoxy) is 3. The van der Waals surface area contributed by atoms with E-state index in [0.29, 0.717) is 29.2 Å². The maximum absolute atomic E-state index is 12.4. The summed E-state index contributed by atoms with van der Waals surface area (Å²) in [5.74, 6) is 0.473. The van der Waals surface area contributed by atoms with Gasteiger partial charge >= 0.3 is 5.97 Å². The molecule has 0 spiro atoms. The molecule has 1 aliphatic heterocycles. The van der Waals surface area contributed by atoms with Crippen molar-refractivity contribution in [3.8, 4) is 17.2 Å². The van der Waals surface area contributed by atoms with Crippen molar-refractivity contribution in [3.63, 3.8) is 0 Å². The van der Waals surface area contributed by atoms with Gasteiger partial charge in [0.25, 0.3) is 5.91 Å². The Hall–Kier alpha value is -4.07. The number of aromatic nitrogens is 1. The normalized spacial score (nSPS) is 12.2. The zero-order valence-electron chi connectivity index (χ0n) is 18.0. The number of nitrogens with zero attached hydrogens (tertiary/aromatic N) is 2. The van der Waals surface area contributed by atoms with E-state index in [0.717, 1.165) is 22.6 Å². The van der Waals surface area contributed by atoms with Crippen LogP contribution in [-0.2, 0) is 4.74 Å². The largest absolute Gasteiger partial charge is 0.462 e. The lowest BCUT2D eigenvalue weighted by Crippen LogP contribution is -2.17. The Balaban J connectivity index is 1.47. The summed E-state index contributed by atoms with van der Waals surface area (Å²) in [7, 11) is 0. The summed E-state index contributed by atoms with van der Waals surface area (Å²) in [5.41, 5.74) is 7.20. The molecular weight excluding hydrogens is 410 g/mol. The summed E-state index contributed by atoms with van der Waals surface area (Å²) in [6, 6.07) is 14.2. The number of hydrazone groups is 1. The van der Waals surface area contributed by atoms with Crippen molar-refractivity contribution < 1.29 is 23.8 Å². The highest BCUT2D eigenvalue weighted by Gasteiger charge is 2.16. The van der Waals surface area contributed by atoms with E-state index in [1.807, 2.05) is 32.0 Å². The molecule has 0 bridgehead atoms. The van der Waals surface area contributed by atoms with Gasteiger partial charge in [-0.15, -0.1) is 0 Å². The van der Waals surface area contributed by atoms with Crippen LogP contribution in [0.5, 0.6) is 11.5 Å². The molecule has 8 nitrogen and oxygen atoms in total. The molecule has 0 saturated carbocycles. The Bertz CT molecular complexity index is 1200. The first kappa shape index (κ1) is 21.2. The number of amides is 1. The number of hydrogen-bond donors (Lipinski definition) is 1. The topological polar surface area (TPSA) is 91.2 Å². The molecule has 0 radical (unpaired) electrons. The minimum absolute atomic E-state index is 0.153. The first-order valence-electron chi connectivity index (χ1n) is 10.2. The van der Waals surface area contributed by atoms with Crippen molar-refractivity contribution >= 4 is 18.1 Å². The van der Waals surface area contributed by atoms with E-state index in [2.05, 4.69) is 15.1 Å². The molecule has 4 rings (SSSR count). The van der Waals surface area contributed by atoms with Crippen LogP contribution in [0.1, 0.15) is 44.6 Å². The fraction of sp³-hybridized carbons (Fsp3) is 0.208. The van der Waals surface area contributed by atoms with E-state index in [1.165, 1.54) is 0 Å². The lowest BCUT2D eigenvalue weighted by Gasteiger charge is -2.10. The van der Waals surface area contributed by atoms with E-state index < -0.39 is 0 Å². The Labute approximate surface area is 185 Å². The van der Waals surface area contributed by atoms with Crippen LogP contribution in [-0.4, -0.2) is 36.1 Å². The Morgan fingerprint density at radius 3 is 2.53 bits per heavy atom. The Morgan fingerprint density at radius 1 is 1.06 bits per heavy atom. The van der Waals surface area contributed by atoms with Gasteiger partial charge in [-0.1, -0.05) is 0 Å². The van der Waals surface area contributed by atoms with Gasteiger partial charge in [-0.2, -0.15) is 5.10 Å². The molecule has 2 aromatic carbocycles. The quantitative estimate of drug-likeness (QED) is 0.363. The molecule has 1 N–H and O–H groups in total. The molecule has 0 unspecified atom stereocenters. The second-order valence-electron chi connectivity index (χ2n) is 7.20. The van der Waals surface area contributed by atoms with Crippen molar-refractivity contribution in [2.75, 3.05) is 13.4 Å². The third-order valence-electron chi connectivity index (χ3n) is 5.11. The van der Waals surface area contributed by atoms with Gasteiger partial charge < -0.3 is 18.8 Å². The van der Waals surface area contributed by atoms with Crippen molar-refractivity contribution in [3.05, 3.63) is 76.6 Å². The van der Waals surface area contributed by atoms with Gasteiger partial charge in [0.05, 0.1) is 18.4 Å². The van der Waals surface area contributed by atoms with E-state index >= 15 is 0 Å². The molecule has 1 aliphatic rings. The van der Waals surface area contributed by atoms with Gasteiger partial charge in [0.15, 0.2) is 11.5 Å². The Morgan fingerprint density at radius 2 is 1.78 bits per heavy atom. The van der Waals surface area contributed by atoms with Crippen molar-refractivity contribution in [1.82, 2.24) is 9.99 Å². The number of fused-ring (bicyclic) bond motifs is 1. The van der Waals surface area contributed by atoms with E-state index in [4.69, 9.17) is 14.2 Å². The molecule has 8 heteroatoms. The van der Waals surface area contributed by atoms with E-state index in [-0.39, 0.29) is 18.7 Å². The van der Waals surface area contributed by atoms with Crippen LogP contribution in [0.25, 0.3) is 5.69 Å². The molecule has 0 saturated heterocycles. The molecule has 164 valence electrons. The SMILES string of the molecule is CCOC(=O)c1ccc(-n2c(C)cc(/C=N\NC(=O)c3ccc4c(c3)OCO4)c2C)cc1. The average molecular weight is 433 g/mol. The van der Waals surface area contributed by atoms with Gasteiger partial charge in [-0.3, -0.25) is 4.79 Å². The number of esters is 1. The molecule has 3 aromatic rings. The number of carbonyl (C=O) groups is 2. The molecule has 0 aliphatic carbocycles. The maximum Gasteiger partial charge on any atom is 0.338 e. The predicted octanol–water partition coefficient (Wildman–Crippen LogP) is 3.76. The number of hydrogen-bond acceptors (Lipinski definition) is 6. The highest BCUT2D eigenvalue weighted by Crippen LogP contribution is 2.32. The fourth-order valence-electron chi connectivity index (χ4n) is 3.54. The molecular formula is C24H23N3O5. The molecule has 0 fully saturated rings. The number of carbonyl (C=O) groups excluding carboxylic acids is 2. The highest BCUT2D eigenvalue weighted by molar-refractivity contribution is 5.95. The zero-order valence-corrected chi connectivity index (χ0v) is 18.0. The molecule has 1 amide bonds. The lowest BCUT2D eigenvalue weighted by atomic mass is 10.2. The van der Waals surface area contributed by atoms with Crippen LogP contribution in [0.3, 0.4) is 0 Å². The summed E-state index contributed by atoms with van der Waals surface area (Å²) >= 11 is 0. The van der Waals surface area contributed by atoms with Crippen LogP contribution in [0.15, 0.2) is 53.6 Å². The monoisotopic (exact) mass is 433 g/mol. The van der Waals surface area contributed by atoms with Crippen LogP contribution in [0.2, 0.25) is 0 Å². The maximum atomic E-state index is 12.4. The number of benzene rings is 2. The number of aryl methyl sites for hydroxylation is 1. The average Bonchev–Trinajstić information content (AvgIpc) is 3.37. The number of rotatable bonds is 6. The minimum Gasteiger partial charge on any atom is -0.462 e. The third kappa shape index (κ3) is 4.20. The van der Waals surface area contributed by atoms with Crippen molar-refractivity contribution in [1.29, 1.82) is 0 Å².